The van der Waals surface area contributed by atoms with Crippen molar-refractivity contribution in [3.63, 3.8) is 0 Å². The summed E-state index contributed by atoms with van der Waals surface area (Å²) in [7, 11) is 0. The van der Waals surface area contributed by atoms with Crippen LogP contribution in [0.3, 0.4) is 0 Å². The van der Waals surface area contributed by atoms with Gasteiger partial charge in [-0.1, -0.05) is 37.3 Å². The molecule has 0 aliphatic heterocycles. The number of aromatic nitrogens is 3. The smallest absolute Gasteiger partial charge is 0.255 e. The predicted molar refractivity (Wildman–Crippen MR) is 96.4 cm³/mol. The topological polar surface area (TPSA) is 59.8 Å². The summed E-state index contributed by atoms with van der Waals surface area (Å²) in [5.41, 5.74) is 5.36. The van der Waals surface area contributed by atoms with E-state index in [1.165, 1.54) is 0 Å². The van der Waals surface area contributed by atoms with Gasteiger partial charge in [-0.3, -0.25) is 4.79 Å². The van der Waals surface area contributed by atoms with Gasteiger partial charge in [-0.2, -0.15) is 0 Å². The fraction of sp³-hybridized carbons (Fsp3) is 0.316. The molecule has 3 rings (SSSR count). The second-order valence-corrected chi connectivity index (χ2v) is 6.26. The lowest BCUT2D eigenvalue weighted by atomic mass is 9.98. The summed E-state index contributed by atoms with van der Waals surface area (Å²) in [4.78, 5) is 12.7. The van der Waals surface area contributed by atoms with Gasteiger partial charge in [-0.15, -0.1) is 5.10 Å². The minimum absolute atomic E-state index is 0.126. The molecule has 0 saturated carbocycles. The first-order valence-electron chi connectivity index (χ1n) is 8.25. The summed E-state index contributed by atoms with van der Waals surface area (Å²) in [5, 5.41) is 11.3. The first-order chi connectivity index (χ1) is 11.5. The molecule has 0 radical (unpaired) electrons. The van der Waals surface area contributed by atoms with Crippen LogP contribution in [-0.4, -0.2) is 20.9 Å². The molecule has 0 atom stereocenters. The molecular weight excluding hydrogens is 300 g/mol. The molecule has 5 heteroatoms. The molecule has 24 heavy (non-hydrogen) atoms. The van der Waals surface area contributed by atoms with Gasteiger partial charge in [0, 0.05) is 17.8 Å². The molecule has 124 valence electrons. The van der Waals surface area contributed by atoms with E-state index in [0.717, 1.165) is 34.4 Å². The van der Waals surface area contributed by atoms with Crippen LogP contribution in [0.5, 0.6) is 0 Å². The van der Waals surface area contributed by atoms with Crippen molar-refractivity contribution in [1.29, 1.82) is 0 Å². The van der Waals surface area contributed by atoms with Crippen LogP contribution in [0.1, 0.15) is 48.2 Å². The third-order valence-electron chi connectivity index (χ3n) is 4.24. The van der Waals surface area contributed by atoms with E-state index in [1.54, 1.807) is 6.07 Å². The Bertz CT molecular complexity index is 896. The van der Waals surface area contributed by atoms with Gasteiger partial charge in [-0.05, 0) is 49.1 Å². The maximum atomic E-state index is 12.7. The zero-order valence-electron chi connectivity index (χ0n) is 14.5. The van der Waals surface area contributed by atoms with E-state index in [0.29, 0.717) is 11.5 Å². The Morgan fingerprint density at radius 1 is 1.25 bits per heavy atom. The van der Waals surface area contributed by atoms with Crippen molar-refractivity contribution < 1.29 is 4.79 Å². The average molecular weight is 322 g/mol. The van der Waals surface area contributed by atoms with Crippen LogP contribution >= 0.6 is 0 Å². The first kappa shape index (κ1) is 16.2. The highest BCUT2D eigenvalue weighted by molar-refractivity contribution is 6.06. The summed E-state index contributed by atoms with van der Waals surface area (Å²) >= 11 is 0. The minimum Gasteiger partial charge on any atom is -0.321 e. The number of carbonyl (C=O) groups excluding carboxylic acids is 1. The molecule has 5 nitrogen and oxygen atoms in total. The molecule has 0 fully saturated rings. The van der Waals surface area contributed by atoms with E-state index in [1.807, 2.05) is 42.8 Å². The maximum absolute atomic E-state index is 12.7. The van der Waals surface area contributed by atoms with Crippen molar-refractivity contribution in [2.45, 2.75) is 40.2 Å². The monoisotopic (exact) mass is 322 g/mol. The lowest BCUT2D eigenvalue weighted by molar-refractivity contribution is 0.102. The van der Waals surface area contributed by atoms with E-state index in [2.05, 4.69) is 35.5 Å². The molecule has 2 aromatic carbocycles. The van der Waals surface area contributed by atoms with Crippen molar-refractivity contribution in [3.8, 4) is 0 Å². The van der Waals surface area contributed by atoms with Crippen LogP contribution in [0.15, 0.2) is 36.4 Å². The summed E-state index contributed by atoms with van der Waals surface area (Å²) < 4.78 is 1.81. The second-order valence-electron chi connectivity index (χ2n) is 6.26. The first-order valence-corrected chi connectivity index (χ1v) is 8.25. The third kappa shape index (κ3) is 2.89. The van der Waals surface area contributed by atoms with E-state index in [9.17, 15) is 4.79 Å². The Morgan fingerprint density at radius 3 is 2.75 bits per heavy atom. The Kier molecular flexibility index (Phi) is 4.34. The zero-order valence-corrected chi connectivity index (χ0v) is 14.5. The lowest BCUT2D eigenvalue weighted by Crippen LogP contribution is -2.14. The van der Waals surface area contributed by atoms with Gasteiger partial charge in [0.25, 0.3) is 5.91 Å². The maximum Gasteiger partial charge on any atom is 0.255 e. The van der Waals surface area contributed by atoms with Crippen LogP contribution in [0, 0.1) is 6.92 Å². The number of para-hydroxylation sites is 1. The molecule has 0 saturated heterocycles. The van der Waals surface area contributed by atoms with E-state index >= 15 is 0 Å². The number of anilines is 1. The van der Waals surface area contributed by atoms with Crippen molar-refractivity contribution in [2.75, 3.05) is 5.32 Å². The third-order valence-corrected chi connectivity index (χ3v) is 4.24. The van der Waals surface area contributed by atoms with Gasteiger partial charge < -0.3 is 5.32 Å². The van der Waals surface area contributed by atoms with Crippen LogP contribution in [0.2, 0.25) is 0 Å². The summed E-state index contributed by atoms with van der Waals surface area (Å²) in [5.74, 6) is 0.214. The number of hydrogen-bond acceptors (Lipinski definition) is 3. The summed E-state index contributed by atoms with van der Waals surface area (Å²) in [6, 6.07) is 11.6. The van der Waals surface area contributed by atoms with Crippen LogP contribution in [-0.2, 0) is 6.54 Å². The molecule has 0 unspecified atom stereocenters. The van der Waals surface area contributed by atoms with E-state index in [4.69, 9.17) is 0 Å². The number of nitrogens with one attached hydrogen (secondary N) is 1. The molecule has 3 aromatic rings. The molecule has 1 heterocycles. The van der Waals surface area contributed by atoms with Gasteiger partial charge in [0.05, 0.1) is 5.52 Å². The minimum atomic E-state index is -0.126. The zero-order chi connectivity index (χ0) is 17.3. The standard InChI is InChI=1S/C19H22N4O/c1-5-23-17-10-9-14(11-16(17)21-22-23)19(24)20-18-13(4)7-6-8-15(18)12(2)3/h6-12H,5H2,1-4H3,(H,20,24). The number of carbonyl (C=O) groups is 1. The molecule has 0 aliphatic carbocycles. The quantitative estimate of drug-likeness (QED) is 0.785. The fourth-order valence-corrected chi connectivity index (χ4v) is 2.88. The number of hydrogen-bond donors (Lipinski definition) is 1. The number of amides is 1. The number of fused-ring (bicyclic) bond motifs is 1. The molecule has 0 spiro atoms. The van der Waals surface area contributed by atoms with E-state index < -0.39 is 0 Å². The number of nitrogens with zero attached hydrogens (tertiary/aromatic N) is 3. The molecule has 1 aromatic heterocycles. The molecule has 0 aliphatic rings. The highest BCUT2D eigenvalue weighted by atomic mass is 16.1. The molecular formula is C19H22N4O. The second kappa shape index (κ2) is 6.43. The molecule has 1 N–H and O–H groups in total. The highest BCUT2D eigenvalue weighted by Gasteiger charge is 2.14. The van der Waals surface area contributed by atoms with Gasteiger partial charge in [-0.25, -0.2) is 4.68 Å². The SMILES string of the molecule is CCn1nnc2cc(C(=O)Nc3c(C)cccc3C(C)C)ccc21. The highest BCUT2D eigenvalue weighted by Crippen LogP contribution is 2.28. The van der Waals surface area contributed by atoms with Crippen molar-refractivity contribution in [3.05, 3.63) is 53.1 Å². The van der Waals surface area contributed by atoms with Crippen LogP contribution in [0.4, 0.5) is 5.69 Å². The van der Waals surface area contributed by atoms with Crippen molar-refractivity contribution in [1.82, 2.24) is 15.0 Å². The normalized spacial score (nSPS) is 11.2. The van der Waals surface area contributed by atoms with E-state index in [-0.39, 0.29) is 5.91 Å². The Morgan fingerprint density at radius 2 is 2.04 bits per heavy atom. The fourth-order valence-electron chi connectivity index (χ4n) is 2.88. The number of benzene rings is 2. The number of rotatable bonds is 4. The lowest BCUT2D eigenvalue weighted by Gasteiger charge is -2.16. The molecule has 0 bridgehead atoms. The Balaban J connectivity index is 1.93. The van der Waals surface area contributed by atoms with Crippen molar-refractivity contribution >= 4 is 22.6 Å². The summed E-state index contributed by atoms with van der Waals surface area (Å²) in [6.07, 6.45) is 0. The average Bonchev–Trinajstić information content (AvgIpc) is 2.98. The van der Waals surface area contributed by atoms with Crippen LogP contribution in [0.25, 0.3) is 11.0 Å². The van der Waals surface area contributed by atoms with Crippen molar-refractivity contribution in [2.24, 2.45) is 0 Å². The van der Waals surface area contributed by atoms with Gasteiger partial charge in [0.15, 0.2) is 0 Å². The van der Waals surface area contributed by atoms with Gasteiger partial charge in [0.1, 0.15) is 5.52 Å². The van der Waals surface area contributed by atoms with Crippen LogP contribution < -0.4 is 5.32 Å². The largest absolute Gasteiger partial charge is 0.321 e. The summed E-state index contributed by atoms with van der Waals surface area (Å²) in [6.45, 7) is 9.03. The Hall–Kier alpha value is -2.69. The predicted octanol–water partition coefficient (Wildman–Crippen LogP) is 4.14. The van der Waals surface area contributed by atoms with Gasteiger partial charge >= 0.3 is 0 Å². The Labute approximate surface area is 141 Å². The molecule has 1 amide bonds. The number of aryl methyl sites for hydroxylation is 2. The van der Waals surface area contributed by atoms with Gasteiger partial charge in [0.2, 0.25) is 0 Å².